The molecule has 2 aromatic rings. The summed E-state index contributed by atoms with van der Waals surface area (Å²) in [6, 6.07) is 10.6. The van der Waals surface area contributed by atoms with Gasteiger partial charge in [-0.3, -0.25) is 4.79 Å². The topological polar surface area (TPSA) is 70.8 Å². The predicted molar refractivity (Wildman–Crippen MR) is 91.8 cm³/mol. The minimum atomic E-state index is -3.31. The largest absolute Gasteiger partial charge is 0.468 e. The van der Waals surface area contributed by atoms with Gasteiger partial charge in [0.15, 0.2) is 9.84 Å². The minimum Gasteiger partial charge on any atom is -0.468 e. The summed E-state index contributed by atoms with van der Waals surface area (Å²) >= 11 is 0. The van der Waals surface area contributed by atoms with Crippen molar-refractivity contribution in [1.82, 2.24) is 4.90 Å². The summed E-state index contributed by atoms with van der Waals surface area (Å²) in [7, 11) is 0.555. The molecule has 0 radical (unpaired) electrons. The first kappa shape index (κ1) is 16.6. The number of amides is 1. The van der Waals surface area contributed by atoms with Gasteiger partial charge in [-0.05, 0) is 36.4 Å². The first-order chi connectivity index (χ1) is 11.4. The van der Waals surface area contributed by atoms with Crippen LogP contribution in [0.1, 0.15) is 16.1 Å². The molecule has 7 heteroatoms. The zero-order valence-electron chi connectivity index (χ0n) is 13.7. The second kappa shape index (κ2) is 6.32. The third kappa shape index (κ3) is 3.31. The highest BCUT2D eigenvalue weighted by Gasteiger charge is 2.40. The number of benzene rings is 1. The second-order valence-corrected chi connectivity index (χ2v) is 8.44. The van der Waals surface area contributed by atoms with Gasteiger partial charge < -0.3 is 14.2 Å². The Kier molecular flexibility index (Phi) is 4.36. The maximum absolute atomic E-state index is 12.4. The normalized spacial score (nSPS) is 15.2. The van der Waals surface area contributed by atoms with Crippen molar-refractivity contribution >= 4 is 21.4 Å². The van der Waals surface area contributed by atoms with E-state index < -0.39 is 15.1 Å². The first-order valence-corrected chi connectivity index (χ1v) is 9.39. The van der Waals surface area contributed by atoms with E-state index in [2.05, 4.69) is 0 Å². The lowest BCUT2D eigenvalue weighted by molar-refractivity contribution is 0.0659. The van der Waals surface area contributed by atoms with Crippen LogP contribution in [-0.4, -0.2) is 51.7 Å². The molecule has 3 rings (SSSR count). The van der Waals surface area contributed by atoms with E-state index in [1.54, 1.807) is 29.2 Å². The molecule has 1 aliphatic rings. The van der Waals surface area contributed by atoms with Gasteiger partial charge in [0, 0.05) is 38.4 Å². The fourth-order valence-corrected chi connectivity index (χ4v) is 4.24. The van der Waals surface area contributed by atoms with E-state index in [9.17, 15) is 13.2 Å². The molecule has 1 amide bonds. The van der Waals surface area contributed by atoms with Gasteiger partial charge in [0.25, 0.3) is 5.91 Å². The summed E-state index contributed by atoms with van der Waals surface area (Å²) in [6.45, 7) is 0.467. The van der Waals surface area contributed by atoms with Gasteiger partial charge in [-0.1, -0.05) is 0 Å². The van der Waals surface area contributed by atoms with Crippen molar-refractivity contribution in [3.05, 3.63) is 54.0 Å². The number of carbonyl (C=O) groups excluding carboxylic acids is 1. The number of hydrogen-bond donors (Lipinski definition) is 0. The Bertz CT molecular complexity index is 805. The molecule has 1 aromatic carbocycles. The van der Waals surface area contributed by atoms with Gasteiger partial charge in [0.1, 0.15) is 11.5 Å². The van der Waals surface area contributed by atoms with Crippen LogP contribution in [0.4, 0.5) is 5.69 Å². The lowest BCUT2D eigenvalue weighted by atomic mass is 10.1. The smallest absolute Gasteiger partial charge is 0.253 e. The second-order valence-electron chi connectivity index (χ2n) is 6.16. The van der Waals surface area contributed by atoms with Crippen molar-refractivity contribution in [3.8, 4) is 0 Å². The van der Waals surface area contributed by atoms with Crippen LogP contribution in [-0.2, 0) is 15.6 Å². The third-order valence-corrected chi connectivity index (χ3v) is 6.20. The number of carbonyl (C=O) groups is 1. The van der Waals surface area contributed by atoms with E-state index in [-0.39, 0.29) is 24.7 Å². The van der Waals surface area contributed by atoms with Gasteiger partial charge in [0.2, 0.25) is 0 Å². The van der Waals surface area contributed by atoms with E-state index in [1.807, 2.05) is 31.1 Å². The van der Waals surface area contributed by atoms with E-state index in [0.717, 1.165) is 5.69 Å². The van der Waals surface area contributed by atoms with Crippen LogP contribution in [0.15, 0.2) is 47.1 Å². The van der Waals surface area contributed by atoms with Gasteiger partial charge in [-0.15, -0.1) is 0 Å². The molecule has 1 aliphatic heterocycles. The lowest BCUT2D eigenvalue weighted by Crippen LogP contribution is -2.57. The molecule has 1 fully saturated rings. The van der Waals surface area contributed by atoms with E-state index >= 15 is 0 Å². The van der Waals surface area contributed by atoms with Crippen LogP contribution in [0.25, 0.3) is 0 Å². The van der Waals surface area contributed by atoms with Crippen molar-refractivity contribution in [2.45, 2.75) is 11.0 Å². The van der Waals surface area contributed by atoms with Crippen LogP contribution >= 0.6 is 0 Å². The Morgan fingerprint density at radius 3 is 2.42 bits per heavy atom. The number of hydrogen-bond acceptors (Lipinski definition) is 5. The standard InChI is InChI=1S/C17H20N2O4S/c1-18(2)14-7-5-13(6-8-14)17(20)19-10-16(11-19)24(21,22)12-15-4-3-9-23-15/h3-9,16H,10-12H2,1-2H3. The fraction of sp³-hybridized carbons (Fsp3) is 0.353. The zero-order valence-corrected chi connectivity index (χ0v) is 14.5. The molecule has 2 heterocycles. The Balaban J connectivity index is 1.60. The van der Waals surface area contributed by atoms with Crippen molar-refractivity contribution in [2.24, 2.45) is 0 Å². The Morgan fingerprint density at radius 2 is 1.88 bits per heavy atom. The molecule has 0 spiro atoms. The summed E-state index contributed by atoms with van der Waals surface area (Å²) in [5.74, 6) is 0.174. The van der Waals surface area contributed by atoms with Crippen LogP contribution < -0.4 is 4.90 Å². The van der Waals surface area contributed by atoms with Crippen molar-refractivity contribution < 1.29 is 17.6 Å². The maximum atomic E-state index is 12.4. The number of likely N-dealkylation sites (tertiary alicyclic amines) is 1. The average molecular weight is 348 g/mol. The Morgan fingerprint density at radius 1 is 1.21 bits per heavy atom. The Hall–Kier alpha value is -2.28. The molecule has 0 saturated carbocycles. The van der Waals surface area contributed by atoms with E-state index in [4.69, 9.17) is 4.42 Å². The minimum absolute atomic E-state index is 0.121. The van der Waals surface area contributed by atoms with Gasteiger partial charge in [-0.2, -0.15) is 0 Å². The molecule has 1 aromatic heterocycles. The molecule has 0 aliphatic carbocycles. The van der Waals surface area contributed by atoms with Crippen molar-refractivity contribution in [2.75, 3.05) is 32.1 Å². The number of furan rings is 1. The summed E-state index contributed by atoms with van der Waals surface area (Å²) in [6.07, 6.45) is 1.46. The average Bonchev–Trinajstić information content (AvgIpc) is 2.97. The number of nitrogens with zero attached hydrogens (tertiary/aromatic N) is 2. The van der Waals surface area contributed by atoms with Crippen LogP contribution in [0, 0.1) is 0 Å². The fourth-order valence-electron chi connectivity index (χ4n) is 2.63. The Labute approximate surface area is 141 Å². The first-order valence-electron chi connectivity index (χ1n) is 7.67. The molecule has 0 bridgehead atoms. The van der Waals surface area contributed by atoms with E-state index in [1.165, 1.54) is 6.26 Å². The van der Waals surface area contributed by atoms with Crippen molar-refractivity contribution in [1.29, 1.82) is 0 Å². The van der Waals surface area contributed by atoms with Crippen LogP contribution in [0.5, 0.6) is 0 Å². The molecule has 0 N–H and O–H groups in total. The highest BCUT2D eigenvalue weighted by Crippen LogP contribution is 2.23. The summed E-state index contributed by atoms with van der Waals surface area (Å²) < 4.78 is 29.7. The molecule has 0 atom stereocenters. The lowest BCUT2D eigenvalue weighted by Gasteiger charge is -2.38. The zero-order chi connectivity index (χ0) is 17.3. The maximum Gasteiger partial charge on any atom is 0.253 e. The van der Waals surface area contributed by atoms with Crippen LogP contribution in [0.2, 0.25) is 0 Å². The highest BCUT2D eigenvalue weighted by atomic mass is 32.2. The molecule has 1 saturated heterocycles. The molecule has 6 nitrogen and oxygen atoms in total. The molecule has 24 heavy (non-hydrogen) atoms. The summed E-state index contributed by atoms with van der Waals surface area (Å²) in [4.78, 5) is 15.9. The molecule has 0 unspecified atom stereocenters. The van der Waals surface area contributed by atoms with E-state index in [0.29, 0.717) is 11.3 Å². The van der Waals surface area contributed by atoms with Gasteiger partial charge in [-0.25, -0.2) is 8.42 Å². The van der Waals surface area contributed by atoms with Gasteiger partial charge >= 0.3 is 0 Å². The van der Waals surface area contributed by atoms with Crippen molar-refractivity contribution in [3.63, 3.8) is 0 Å². The molecular formula is C17H20N2O4S. The monoisotopic (exact) mass is 348 g/mol. The summed E-state index contributed by atoms with van der Waals surface area (Å²) in [5.41, 5.74) is 1.58. The highest BCUT2D eigenvalue weighted by molar-refractivity contribution is 7.91. The SMILES string of the molecule is CN(C)c1ccc(C(=O)N2CC(S(=O)(=O)Cc3ccco3)C2)cc1. The number of rotatable bonds is 5. The van der Waals surface area contributed by atoms with Crippen LogP contribution in [0.3, 0.4) is 0 Å². The number of sulfone groups is 1. The van der Waals surface area contributed by atoms with Gasteiger partial charge in [0.05, 0.1) is 11.5 Å². The molecular weight excluding hydrogens is 328 g/mol. The third-order valence-electron chi connectivity index (χ3n) is 4.20. The molecule has 128 valence electrons. The number of anilines is 1. The quantitative estimate of drug-likeness (QED) is 0.824. The predicted octanol–water partition coefficient (Wildman–Crippen LogP) is 1.79. The summed E-state index contributed by atoms with van der Waals surface area (Å²) in [5, 5.41) is -0.521.